The molecule has 0 bridgehead atoms. The summed E-state index contributed by atoms with van der Waals surface area (Å²) in [7, 11) is 0. The number of rotatable bonds is 7. The molecule has 0 saturated heterocycles. The van der Waals surface area contributed by atoms with Gasteiger partial charge in [-0.1, -0.05) is 39.5 Å². The molecule has 4 heteroatoms. The summed E-state index contributed by atoms with van der Waals surface area (Å²) in [6.45, 7) is 5.13. The Labute approximate surface area is 115 Å². The summed E-state index contributed by atoms with van der Waals surface area (Å²) in [4.78, 5) is 16.2. The second kappa shape index (κ2) is 6.83. The van der Waals surface area contributed by atoms with Gasteiger partial charge in [-0.3, -0.25) is 4.79 Å². The highest BCUT2D eigenvalue weighted by Crippen LogP contribution is 2.28. The summed E-state index contributed by atoms with van der Waals surface area (Å²) in [6.07, 6.45) is 9.11. The summed E-state index contributed by atoms with van der Waals surface area (Å²) >= 11 is 0. The van der Waals surface area contributed by atoms with E-state index in [1.807, 2.05) is 4.68 Å². The van der Waals surface area contributed by atoms with E-state index in [-0.39, 0.29) is 0 Å². The molecule has 0 atom stereocenters. The molecule has 0 aromatic carbocycles. The maximum Gasteiger partial charge on any atom is 0.140 e. The van der Waals surface area contributed by atoms with E-state index in [4.69, 9.17) is 0 Å². The summed E-state index contributed by atoms with van der Waals surface area (Å²) in [5.41, 5.74) is 0. The topological polar surface area (TPSA) is 47.8 Å². The first-order valence-corrected chi connectivity index (χ1v) is 7.53. The van der Waals surface area contributed by atoms with Gasteiger partial charge in [-0.15, -0.1) is 0 Å². The van der Waals surface area contributed by atoms with Gasteiger partial charge < -0.3 is 0 Å². The minimum Gasteiger partial charge on any atom is -0.299 e. The fourth-order valence-electron chi connectivity index (χ4n) is 2.85. The van der Waals surface area contributed by atoms with Crippen LogP contribution >= 0.6 is 0 Å². The van der Waals surface area contributed by atoms with Crippen LogP contribution in [0.25, 0.3) is 0 Å². The Morgan fingerprint density at radius 1 is 1.42 bits per heavy atom. The van der Waals surface area contributed by atoms with Crippen LogP contribution < -0.4 is 0 Å². The average Bonchev–Trinajstić information content (AvgIpc) is 2.98. The average molecular weight is 263 g/mol. The zero-order valence-corrected chi connectivity index (χ0v) is 12.1. The van der Waals surface area contributed by atoms with Crippen LogP contribution in [-0.4, -0.2) is 20.5 Å². The maximum absolute atomic E-state index is 12.0. The molecule has 1 aromatic heterocycles. The van der Waals surface area contributed by atoms with Gasteiger partial charge >= 0.3 is 0 Å². The van der Waals surface area contributed by atoms with Gasteiger partial charge in [-0.25, -0.2) is 9.67 Å². The highest BCUT2D eigenvalue weighted by molar-refractivity contribution is 5.80. The van der Waals surface area contributed by atoms with E-state index < -0.39 is 0 Å². The molecule has 0 aliphatic heterocycles. The van der Waals surface area contributed by atoms with Crippen LogP contribution in [0.3, 0.4) is 0 Å². The second-order valence-corrected chi connectivity index (χ2v) is 6.16. The highest BCUT2D eigenvalue weighted by atomic mass is 16.1. The predicted octanol–water partition coefficient (Wildman–Crippen LogP) is 3.02. The first-order chi connectivity index (χ1) is 9.15. The molecule has 0 spiro atoms. The van der Waals surface area contributed by atoms with E-state index in [1.165, 1.54) is 25.7 Å². The largest absolute Gasteiger partial charge is 0.299 e. The van der Waals surface area contributed by atoms with Gasteiger partial charge in [-0.2, -0.15) is 5.10 Å². The molecule has 0 amide bonds. The lowest BCUT2D eigenvalue weighted by Gasteiger charge is -2.09. The number of hydrogen-bond donors (Lipinski definition) is 0. The van der Waals surface area contributed by atoms with E-state index >= 15 is 0 Å². The van der Waals surface area contributed by atoms with Crippen LogP contribution in [0.15, 0.2) is 6.33 Å². The molecular weight excluding hydrogens is 238 g/mol. The smallest absolute Gasteiger partial charge is 0.140 e. The third-order valence-electron chi connectivity index (χ3n) is 3.90. The number of hydrogen-bond acceptors (Lipinski definition) is 3. The summed E-state index contributed by atoms with van der Waals surface area (Å²) in [5.74, 6) is 2.45. The van der Waals surface area contributed by atoms with E-state index in [1.54, 1.807) is 6.33 Å². The molecule has 19 heavy (non-hydrogen) atoms. The zero-order chi connectivity index (χ0) is 13.7. The SMILES string of the molecule is CC(C)Cn1ncnc1CC(=O)CCC1CCCC1. The lowest BCUT2D eigenvalue weighted by atomic mass is 9.99. The van der Waals surface area contributed by atoms with Crippen molar-refractivity contribution in [2.24, 2.45) is 11.8 Å². The van der Waals surface area contributed by atoms with Gasteiger partial charge in [0.15, 0.2) is 0 Å². The van der Waals surface area contributed by atoms with Crippen molar-refractivity contribution in [2.45, 2.75) is 65.3 Å². The van der Waals surface area contributed by atoms with Crippen molar-refractivity contribution in [1.29, 1.82) is 0 Å². The van der Waals surface area contributed by atoms with Crippen LogP contribution in [0.4, 0.5) is 0 Å². The lowest BCUT2D eigenvalue weighted by Crippen LogP contribution is -2.14. The molecule has 4 nitrogen and oxygen atoms in total. The van der Waals surface area contributed by atoms with Crippen molar-refractivity contribution >= 4 is 5.78 Å². The maximum atomic E-state index is 12.0. The molecule has 0 unspecified atom stereocenters. The Bertz CT molecular complexity index is 405. The second-order valence-electron chi connectivity index (χ2n) is 6.16. The molecule has 1 heterocycles. The minimum atomic E-state index is 0.310. The number of Topliss-reactive ketones (excluding diaryl/α,β-unsaturated/α-hetero) is 1. The van der Waals surface area contributed by atoms with Gasteiger partial charge in [0.05, 0.1) is 6.42 Å². The van der Waals surface area contributed by atoms with Crippen LogP contribution in [0.5, 0.6) is 0 Å². The first kappa shape index (κ1) is 14.2. The van der Waals surface area contributed by atoms with E-state index in [0.29, 0.717) is 24.5 Å². The van der Waals surface area contributed by atoms with Crippen molar-refractivity contribution in [1.82, 2.24) is 14.8 Å². The Kier molecular flexibility index (Phi) is 5.11. The van der Waals surface area contributed by atoms with Crippen LogP contribution in [0.2, 0.25) is 0 Å². The number of carbonyl (C=O) groups is 1. The molecule has 2 rings (SSSR count). The Hall–Kier alpha value is -1.19. The summed E-state index contributed by atoms with van der Waals surface area (Å²) < 4.78 is 1.87. The molecule has 1 aliphatic rings. The van der Waals surface area contributed by atoms with Gasteiger partial charge in [-0.05, 0) is 18.3 Å². The Morgan fingerprint density at radius 2 is 2.16 bits per heavy atom. The Morgan fingerprint density at radius 3 is 2.84 bits per heavy atom. The van der Waals surface area contributed by atoms with Gasteiger partial charge in [0.1, 0.15) is 17.9 Å². The number of ketones is 1. The van der Waals surface area contributed by atoms with Crippen molar-refractivity contribution in [3.63, 3.8) is 0 Å². The van der Waals surface area contributed by atoms with Gasteiger partial charge in [0.2, 0.25) is 0 Å². The predicted molar refractivity (Wildman–Crippen MR) is 74.8 cm³/mol. The molecule has 1 saturated carbocycles. The van der Waals surface area contributed by atoms with Crippen molar-refractivity contribution in [2.75, 3.05) is 0 Å². The normalized spacial score (nSPS) is 16.4. The summed E-state index contributed by atoms with van der Waals surface area (Å²) in [6, 6.07) is 0. The number of carbonyl (C=O) groups excluding carboxylic acids is 1. The molecule has 1 aromatic rings. The Balaban J connectivity index is 1.79. The van der Waals surface area contributed by atoms with E-state index in [2.05, 4.69) is 23.9 Å². The van der Waals surface area contributed by atoms with Gasteiger partial charge in [0.25, 0.3) is 0 Å². The van der Waals surface area contributed by atoms with Crippen molar-refractivity contribution < 1.29 is 4.79 Å². The molecule has 1 aliphatic carbocycles. The summed E-state index contributed by atoms with van der Waals surface area (Å²) in [5, 5.41) is 4.20. The lowest BCUT2D eigenvalue weighted by molar-refractivity contribution is -0.118. The fourth-order valence-corrected chi connectivity index (χ4v) is 2.85. The standard InChI is InChI=1S/C15H25N3O/c1-12(2)10-18-15(16-11-17-18)9-14(19)8-7-13-5-3-4-6-13/h11-13H,3-10H2,1-2H3. The fraction of sp³-hybridized carbons (Fsp3) is 0.800. The quantitative estimate of drug-likeness (QED) is 0.759. The van der Waals surface area contributed by atoms with Crippen LogP contribution in [0, 0.1) is 11.8 Å². The number of aromatic nitrogens is 3. The third-order valence-corrected chi connectivity index (χ3v) is 3.90. The monoisotopic (exact) mass is 263 g/mol. The first-order valence-electron chi connectivity index (χ1n) is 7.53. The minimum absolute atomic E-state index is 0.310. The molecule has 0 N–H and O–H groups in total. The zero-order valence-electron chi connectivity index (χ0n) is 12.1. The van der Waals surface area contributed by atoms with Crippen LogP contribution in [0.1, 0.15) is 58.2 Å². The van der Waals surface area contributed by atoms with Gasteiger partial charge in [0, 0.05) is 13.0 Å². The van der Waals surface area contributed by atoms with E-state index in [0.717, 1.165) is 24.7 Å². The molecule has 106 valence electrons. The van der Waals surface area contributed by atoms with E-state index in [9.17, 15) is 4.79 Å². The molecule has 1 fully saturated rings. The van der Waals surface area contributed by atoms with Crippen molar-refractivity contribution in [3.05, 3.63) is 12.2 Å². The molecular formula is C15H25N3O. The van der Waals surface area contributed by atoms with Crippen LogP contribution in [-0.2, 0) is 17.8 Å². The third kappa shape index (κ3) is 4.44. The van der Waals surface area contributed by atoms with Crippen molar-refractivity contribution in [3.8, 4) is 0 Å². The number of nitrogens with zero attached hydrogens (tertiary/aromatic N) is 3. The highest BCUT2D eigenvalue weighted by Gasteiger charge is 2.17. The molecule has 0 radical (unpaired) electrons.